The third kappa shape index (κ3) is 7.80. The number of rotatable bonds is 11. The van der Waals surface area contributed by atoms with Gasteiger partial charge < -0.3 is 9.05 Å². The van der Waals surface area contributed by atoms with Crippen LogP contribution in [0, 0.1) is 35.5 Å². The molecule has 0 aromatic heterocycles. The maximum Gasteiger partial charge on any atom is 0.232 e. The van der Waals surface area contributed by atoms with E-state index in [1.54, 1.807) is 0 Å². The lowest BCUT2D eigenvalue weighted by atomic mass is 9.75. The molecule has 2 saturated carbocycles. The molecule has 0 heterocycles. The van der Waals surface area contributed by atoms with Crippen molar-refractivity contribution in [3.05, 3.63) is 60.7 Å². The van der Waals surface area contributed by atoms with Gasteiger partial charge in [-0.1, -0.05) is 90.8 Å². The van der Waals surface area contributed by atoms with E-state index in [1.165, 1.54) is 12.8 Å². The third-order valence-corrected chi connectivity index (χ3v) is 14.9. The molecule has 2 fully saturated rings. The van der Waals surface area contributed by atoms with Gasteiger partial charge in [-0.3, -0.25) is 9.13 Å². The number of benzene rings is 2. The van der Waals surface area contributed by atoms with E-state index in [4.69, 9.17) is 9.05 Å². The molecule has 0 bridgehead atoms. The highest BCUT2D eigenvalue weighted by Crippen LogP contribution is 2.57. The molecular formula is C34H52O4P2. The summed E-state index contributed by atoms with van der Waals surface area (Å²) in [4.78, 5) is 0. The molecule has 0 saturated heterocycles. The molecule has 8 atom stereocenters. The smallest absolute Gasteiger partial charge is 0.232 e. The first kappa shape index (κ1) is 31.7. The van der Waals surface area contributed by atoms with Crippen molar-refractivity contribution in [1.82, 2.24) is 0 Å². The van der Waals surface area contributed by atoms with Crippen LogP contribution < -0.4 is 10.6 Å². The molecule has 4 nitrogen and oxygen atoms in total. The molecule has 2 aliphatic carbocycles. The van der Waals surface area contributed by atoms with Gasteiger partial charge in [-0.25, -0.2) is 0 Å². The predicted molar refractivity (Wildman–Crippen MR) is 170 cm³/mol. The average molecular weight is 587 g/mol. The molecule has 222 valence electrons. The molecule has 2 aliphatic rings. The van der Waals surface area contributed by atoms with E-state index < -0.39 is 14.7 Å². The fourth-order valence-electron chi connectivity index (χ4n) is 6.97. The lowest BCUT2D eigenvalue weighted by Gasteiger charge is -2.40. The van der Waals surface area contributed by atoms with Crippen LogP contribution >= 0.6 is 14.7 Å². The highest BCUT2D eigenvalue weighted by molar-refractivity contribution is 7.70. The Kier molecular flexibility index (Phi) is 11.0. The fraction of sp³-hybridized carbons (Fsp3) is 0.647. The first-order valence-corrected chi connectivity index (χ1v) is 19.3. The second kappa shape index (κ2) is 13.9. The third-order valence-electron chi connectivity index (χ3n) is 9.52. The zero-order valence-electron chi connectivity index (χ0n) is 25.6. The molecular weight excluding hydrogens is 534 g/mol. The van der Waals surface area contributed by atoms with E-state index in [9.17, 15) is 9.13 Å². The van der Waals surface area contributed by atoms with Crippen molar-refractivity contribution >= 4 is 25.3 Å². The van der Waals surface area contributed by atoms with Crippen LogP contribution in [0.4, 0.5) is 0 Å². The molecule has 0 radical (unpaired) electrons. The second-order valence-electron chi connectivity index (χ2n) is 13.4. The van der Waals surface area contributed by atoms with Crippen LogP contribution in [0.2, 0.25) is 0 Å². The first-order valence-electron chi connectivity index (χ1n) is 15.7. The lowest BCUT2D eigenvalue weighted by molar-refractivity contribution is 0.0481. The maximum atomic E-state index is 15.0. The van der Waals surface area contributed by atoms with Gasteiger partial charge in [0.2, 0.25) is 14.7 Å². The number of hydrogen-bond acceptors (Lipinski definition) is 4. The molecule has 0 N–H and O–H groups in total. The lowest BCUT2D eigenvalue weighted by Crippen LogP contribution is -2.36. The van der Waals surface area contributed by atoms with E-state index in [0.29, 0.717) is 35.5 Å². The van der Waals surface area contributed by atoms with Gasteiger partial charge in [-0.15, -0.1) is 0 Å². The predicted octanol–water partition coefficient (Wildman–Crippen LogP) is 9.15. The summed E-state index contributed by atoms with van der Waals surface area (Å²) in [5.41, 5.74) is 0. The normalized spacial score (nSPS) is 30.6. The molecule has 40 heavy (non-hydrogen) atoms. The van der Waals surface area contributed by atoms with E-state index in [0.717, 1.165) is 36.3 Å². The van der Waals surface area contributed by atoms with Gasteiger partial charge in [0.15, 0.2) is 0 Å². The van der Waals surface area contributed by atoms with Crippen molar-refractivity contribution in [3.8, 4) is 0 Å². The van der Waals surface area contributed by atoms with Crippen LogP contribution in [0.5, 0.6) is 0 Å². The Hall–Kier alpha value is -1.18. The van der Waals surface area contributed by atoms with E-state index >= 15 is 0 Å². The van der Waals surface area contributed by atoms with Crippen molar-refractivity contribution < 1.29 is 18.2 Å². The Morgan fingerprint density at radius 2 is 0.975 bits per heavy atom. The van der Waals surface area contributed by atoms with Crippen LogP contribution in [-0.4, -0.2) is 24.5 Å². The average Bonchev–Trinajstić information content (AvgIpc) is 2.93. The summed E-state index contributed by atoms with van der Waals surface area (Å²) < 4.78 is 43.5. The Bertz CT molecular complexity index is 1060. The summed E-state index contributed by atoms with van der Waals surface area (Å²) in [5.74, 6) is 2.76. The van der Waals surface area contributed by atoms with Gasteiger partial charge in [0.1, 0.15) is 0 Å². The zero-order chi connectivity index (χ0) is 28.9. The molecule has 0 unspecified atom stereocenters. The van der Waals surface area contributed by atoms with E-state index in [-0.39, 0.29) is 24.5 Å². The molecule has 2 aromatic rings. The van der Waals surface area contributed by atoms with Crippen LogP contribution in [-0.2, 0) is 18.2 Å². The van der Waals surface area contributed by atoms with Gasteiger partial charge >= 0.3 is 0 Å². The quantitative estimate of drug-likeness (QED) is 0.246. The van der Waals surface area contributed by atoms with E-state index in [1.807, 2.05) is 60.7 Å². The Balaban J connectivity index is 1.65. The SMILES string of the molecule is CC(C)[C@@H]1CC[C@@H](C)C[C@H]1O[P@@](=O)(CC[P@](=O)(O[C@@H]1C[C@H](C)CC[C@H]1C(C)C)c1ccccc1)c1ccccc1. The van der Waals surface area contributed by atoms with Gasteiger partial charge in [-0.05, 0) is 85.5 Å². The van der Waals surface area contributed by atoms with Crippen LogP contribution in [0.25, 0.3) is 0 Å². The minimum atomic E-state index is -3.31. The summed E-state index contributed by atoms with van der Waals surface area (Å²) in [6, 6.07) is 19.3. The maximum absolute atomic E-state index is 15.0. The van der Waals surface area contributed by atoms with Gasteiger partial charge in [0, 0.05) is 22.9 Å². The topological polar surface area (TPSA) is 52.6 Å². The van der Waals surface area contributed by atoms with Crippen molar-refractivity contribution in [2.45, 2.75) is 92.3 Å². The standard InChI is InChI=1S/C34H52O4P2/c1-25(2)31-19-17-27(5)23-33(31)37-39(35,29-13-9-7-10-14-29)21-22-40(36,30-15-11-8-12-16-30)38-34-24-28(6)18-20-32(34)26(3)4/h7-16,25-28,31-34H,17-24H2,1-6H3/t27-,28-,31+,32+,33-,34-,39+,40+/m1/s1. The van der Waals surface area contributed by atoms with Crippen molar-refractivity contribution in [2.24, 2.45) is 35.5 Å². The summed E-state index contributed by atoms with van der Waals surface area (Å²) in [6.45, 7) is 13.5. The highest BCUT2D eigenvalue weighted by Gasteiger charge is 2.42. The van der Waals surface area contributed by atoms with Gasteiger partial charge in [0.05, 0.1) is 12.2 Å². The molecule has 4 rings (SSSR count). The largest absolute Gasteiger partial charge is 0.322 e. The molecule has 2 aromatic carbocycles. The zero-order valence-corrected chi connectivity index (χ0v) is 27.4. The Morgan fingerprint density at radius 3 is 1.30 bits per heavy atom. The highest BCUT2D eigenvalue weighted by atomic mass is 31.2. The van der Waals surface area contributed by atoms with Crippen LogP contribution in [0.3, 0.4) is 0 Å². The minimum absolute atomic E-state index is 0.0590. The van der Waals surface area contributed by atoms with E-state index in [2.05, 4.69) is 41.5 Å². The number of hydrogen-bond donors (Lipinski definition) is 0. The van der Waals surface area contributed by atoms with Gasteiger partial charge in [-0.2, -0.15) is 0 Å². The first-order chi connectivity index (χ1) is 19.0. The molecule has 0 aliphatic heterocycles. The summed E-state index contributed by atoms with van der Waals surface area (Å²) in [5, 5.41) is 1.45. The van der Waals surface area contributed by atoms with Gasteiger partial charge in [0.25, 0.3) is 0 Å². The monoisotopic (exact) mass is 586 g/mol. The second-order valence-corrected chi connectivity index (χ2v) is 18.4. The molecule has 6 heteroatoms. The van der Waals surface area contributed by atoms with Crippen molar-refractivity contribution in [1.29, 1.82) is 0 Å². The fourth-order valence-corrected chi connectivity index (χ4v) is 12.7. The summed E-state index contributed by atoms with van der Waals surface area (Å²) in [6.07, 6.45) is 6.72. The van der Waals surface area contributed by atoms with Crippen molar-refractivity contribution in [3.63, 3.8) is 0 Å². The van der Waals surface area contributed by atoms with Crippen molar-refractivity contribution in [2.75, 3.05) is 12.3 Å². The Labute approximate surface area is 243 Å². The Morgan fingerprint density at radius 1 is 0.625 bits per heavy atom. The van der Waals surface area contributed by atoms with Crippen LogP contribution in [0.15, 0.2) is 60.7 Å². The summed E-state index contributed by atoms with van der Waals surface area (Å²) >= 11 is 0. The molecule has 0 amide bonds. The molecule has 0 spiro atoms. The van der Waals surface area contributed by atoms with Crippen LogP contribution in [0.1, 0.15) is 80.1 Å². The summed E-state index contributed by atoms with van der Waals surface area (Å²) in [7, 11) is -6.63. The minimum Gasteiger partial charge on any atom is -0.322 e.